The van der Waals surface area contributed by atoms with Gasteiger partial charge in [0.15, 0.2) is 0 Å². The van der Waals surface area contributed by atoms with E-state index in [4.69, 9.17) is 4.74 Å². The van der Waals surface area contributed by atoms with Crippen molar-refractivity contribution in [1.82, 2.24) is 19.8 Å². The van der Waals surface area contributed by atoms with Crippen molar-refractivity contribution in [1.29, 1.82) is 0 Å². The highest BCUT2D eigenvalue weighted by atomic mass is 32.2. The molecule has 1 saturated heterocycles. The van der Waals surface area contributed by atoms with Crippen LogP contribution in [-0.2, 0) is 26.2 Å². The van der Waals surface area contributed by atoms with Crippen LogP contribution in [0.4, 0.5) is 22.4 Å². The molecule has 2 aromatic carbocycles. The maximum absolute atomic E-state index is 14.1. The van der Waals surface area contributed by atoms with Gasteiger partial charge in [-0.25, -0.2) is 17.6 Å². The summed E-state index contributed by atoms with van der Waals surface area (Å²) in [4.78, 5) is 26.9. The number of piperazine rings is 1. The van der Waals surface area contributed by atoms with Gasteiger partial charge in [0, 0.05) is 31.7 Å². The Morgan fingerprint density at radius 2 is 1.61 bits per heavy atom. The van der Waals surface area contributed by atoms with Crippen LogP contribution in [0.3, 0.4) is 0 Å². The van der Waals surface area contributed by atoms with Crippen molar-refractivity contribution in [3.05, 3.63) is 71.5 Å². The third kappa shape index (κ3) is 8.39. The number of benzene rings is 2. The van der Waals surface area contributed by atoms with Gasteiger partial charge in [0.2, 0.25) is 15.9 Å². The Bertz CT molecular complexity index is 1310. The molecule has 224 valence electrons. The lowest BCUT2D eigenvalue weighted by Crippen LogP contribution is -2.57. The van der Waals surface area contributed by atoms with Crippen LogP contribution in [0.25, 0.3) is 0 Å². The van der Waals surface area contributed by atoms with E-state index in [1.807, 2.05) is 6.07 Å². The SMILES string of the molecule is CC1(NC(=O)[C@H](CS(=O)(=O)N2CCN(C(=O)OCc3ccccc3)CC2)N[C@@H](c2ccc(F)cc2)C(F)(F)F)CC1. The van der Waals surface area contributed by atoms with Crippen molar-refractivity contribution >= 4 is 22.0 Å². The molecule has 0 spiro atoms. The van der Waals surface area contributed by atoms with Gasteiger partial charge in [-0.3, -0.25) is 10.1 Å². The molecule has 2 atom stereocenters. The zero-order chi connectivity index (χ0) is 29.8. The van der Waals surface area contributed by atoms with Gasteiger partial charge in [0.1, 0.15) is 24.5 Å². The number of sulfonamides is 1. The van der Waals surface area contributed by atoms with Gasteiger partial charge in [0.05, 0.1) is 5.75 Å². The molecule has 4 rings (SSSR count). The van der Waals surface area contributed by atoms with Crippen LogP contribution in [0.2, 0.25) is 0 Å². The average Bonchev–Trinajstić information content (AvgIpc) is 3.66. The molecule has 1 heterocycles. The van der Waals surface area contributed by atoms with E-state index in [0.717, 1.165) is 34.1 Å². The normalized spacial score (nSPS) is 18.8. The summed E-state index contributed by atoms with van der Waals surface area (Å²) in [5, 5.41) is 4.83. The van der Waals surface area contributed by atoms with Crippen molar-refractivity contribution in [2.24, 2.45) is 0 Å². The Balaban J connectivity index is 1.43. The Labute approximate surface area is 235 Å². The van der Waals surface area contributed by atoms with Gasteiger partial charge in [-0.15, -0.1) is 0 Å². The maximum atomic E-state index is 14.1. The zero-order valence-corrected chi connectivity index (χ0v) is 23.2. The highest BCUT2D eigenvalue weighted by Crippen LogP contribution is 2.36. The highest BCUT2D eigenvalue weighted by Gasteiger charge is 2.46. The first-order chi connectivity index (χ1) is 19.3. The fourth-order valence-electron chi connectivity index (χ4n) is 4.41. The van der Waals surface area contributed by atoms with Crippen LogP contribution < -0.4 is 10.6 Å². The van der Waals surface area contributed by atoms with Crippen molar-refractivity contribution in [3.63, 3.8) is 0 Å². The van der Waals surface area contributed by atoms with Crippen molar-refractivity contribution in [2.75, 3.05) is 31.9 Å². The molecule has 1 aliphatic heterocycles. The minimum absolute atomic E-state index is 0.00989. The number of nitrogens with zero attached hydrogens (tertiary/aromatic N) is 2. The van der Waals surface area contributed by atoms with Crippen LogP contribution in [0.1, 0.15) is 36.9 Å². The molecular formula is C27H32F4N4O5S. The van der Waals surface area contributed by atoms with Crippen LogP contribution in [0.5, 0.6) is 0 Å². The second-order valence-corrected chi connectivity index (χ2v) is 12.5. The predicted molar refractivity (Wildman–Crippen MR) is 141 cm³/mol. The Kier molecular flexibility index (Phi) is 9.24. The van der Waals surface area contributed by atoms with E-state index in [2.05, 4.69) is 10.6 Å². The van der Waals surface area contributed by atoms with E-state index >= 15 is 0 Å². The second kappa shape index (κ2) is 12.3. The number of nitrogens with one attached hydrogen (secondary N) is 2. The summed E-state index contributed by atoms with van der Waals surface area (Å²) in [6.45, 7) is 1.55. The average molecular weight is 601 g/mol. The van der Waals surface area contributed by atoms with Crippen molar-refractivity contribution < 1.29 is 40.3 Å². The first-order valence-electron chi connectivity index (χ1n) is 13.1. The Morgan fingerprint density at radius 3 is 2.17 bits per heavy atom. The third-order valence-electron chi connectivity index (χ3n) is 7.11. The summed E-state index contributed by atoms with van der Waals surface area (Å²) >= 11 is 0. The molecule has 0 unspecified atom stereocenters. The number of alkyl halides is 3. The van der Waals surface area contributed by atoms with E-state index in [9.17, 15) is 35.6 Å². The van der Waals surface area contributed by atoms with E-state index in [-0.39, 0.29) is 38.3 Å². The lowest BCUT2D eigenvalue weighted by molar-refractivity contribution is -0.160. The standard InChI is InChI=1S/C27H32F4N4O5S/c1-26(11-12-26)33-24(36)22(32-23(27(29,30)31)20-7-9-21(28)10-8-20)18-41(38,39)35-15-13-34(14-16-35)25(37)40-17-19-5-3-2-4-6-19/h2-10,22-23,32H,11-18H2,1H3,(H,33,36)/t22-,23-/m0/s1. The van der Waals surface area contributed by atoms with E-state index < -0.39 is 57.4 Å². The molecule has 2 aromatic rings. The monoisotopic (exact) mass is 600 g/mol. The summed E-state index contributed by atoms with van der Waals surface area (Å²) in [7, 11) is -4.24. The van der Waals surface area contributed by atoms with Gasteiger partial charge in [0.25, 0.3) is 0 Å². The van der Waals surface area contributed by atoms with Crippen LogP contribution in [-0.4, -0.2) is 79.3 Å². The first-order valence-corrected chi connectivity index (χ1v) is 14.7. The summed E-state index contributed by atoms with van der Waals surface area (Å²) in [5.41, 5.74) is -0.193. The number of carbonyl (C=O) groups is 2. The fraction of sp³-hybridized carbons (Fsp3) is 0.481. The van der Waals surface area contributed by atoms with E-state index in [1.54, 1.807) is 31.2 Å². The molecule has 2 fully saturated rings. The molecule has 0 bridgehead atoms. The largest absolute Gasteiger partial charge is 0.445 e. The number of rotatable bonds is 10. The van der Waals surface area contributed by atoms with E-state index in [0.29, 0.717) is 12.8 Å². The molecular weight excluding hydrogens is 568 g/mol. The lowest BCUT2D eigenvalue weighted by atomic mass is 10.0. The minimum atomic E-state index is -4.91. The summed E-state index contributed by atoms with van der Waals surface area (Å²) in [5.74, 6) is -2.56. The first kappa shape index (κ1) is 30.7. The van der Waals surface area contributed by atoms with Gasteiger partial charge in [-0.1, -0.05) is 42.5 Å². The number of amides is 2. The molecule has 9 nitrogen and oxygen atoms in total. The molecule has 2 amide bonds. The fourth-order valence-corrected chi connectivity index (χ4v) is 6.01. The lowest BCUT2D eigenvalue weighted by Gasteiger charge is -2.34. The van der Waals surface area contributed by atoms with Crippen molar-refractivity contribution in [3.8, 4) is 0 Å². The number of ether oxygens (including phenoxy) is 1. The van der Waals surface area contributed by atoms with Gasteiger partial charge in [-0.05, 0) is 43.0 Å². The summed E-state index contributed by atoms with van der Waals surface area (Å²) < 4.78 is 88.5. The molecule has 41 heavy (non-hydrogen) atoms. The van der Waals surface area contributed by atoms with Gasteiger partial charge < -0.3 is 15.0 Å². The van der Waals surface area contributed by atoms with Crippen LogP contribution in [0, 0.1) is 5.82 Å². The smallest absolute Gasteiger partial charge is 0.410 e. The van der Waals surface area contributed by atoms with Gasteiger partial charge >= 0.3 is 12.3 Å². The quantitative estimate of drug-likeness (QED) is 0.405. The molecule has 14 heteroatoms. The van der Waals surface area contributed by atoms with E-state index in [1.165, 1.54) is 4.90 Å². The minimum Gasteiger partial charge on any atom is -0.445 e. The zero-order valence-electron chi connectivity index (χ0n) is 22.4. The topological polar surface area (TPSA) is 108 Å². The van der Waals surface area contributed by atoms with Crippen LogP contribution in [0.15, 0.2) is 54.6 Å². The second-order valence-electron chi connectivity index (χ2n) is 10.5. The molecule has 1 aliphatic carbocycles. The Morgan fingerprint density at radius 1 is 1.00 bits per heavy atom. The summed E-state index contributed by atoms with van der Waals surface area (Å²) in [6, 6.07) is 8.42. The molecule has 0 radical (unpaired) electrons. The number of carbonyl (C=O) groups excluding carboxylic acids is 2. The van der Waals surface area contributed by atoms with Crippen molar-refractivity contribution in [2.45, 2.75) is 50.2 Å². The summed E-state index contributed by atoms with van der Waals surface area (Å²) in [6.07, 6.45) is -4.30. The molecule has 2 N–H and O–H groups in total. The third-order valence-corrected chi connectivity index (χ3v) is 9.02. The highest BCUT2D eigenvalue weighted by molar-refractivity contribution is 7.89. The number of hydrogen-bond donors (Lipinski definition) is 2. The van der Waals surface area contributed by atoms with Crippen LogP contribution >= 0.6 is 0 Å². The number of hydrogen-bond acceptors (Lipinski definition) is 6. The van der Waals surface area contributed by atoms with Gasteiger partial charge in [-0.2, -0.15) is 17.5 Å². The number of halogens is 4. The maximum Gasteiger partial charge on any atom is 0.410 e. The predicted octanol–water partition coefficient (Wildman–Crippen LogP) is 3.34. The molecule has 2 aliphatic rings. The molecule has 1 saturated carbocycles. The Hall–Kier alpha value is -3.23. The molecule has 0 aromatic heterocycles.